The summed E-state index contributed by atoms with van der Waals surface area (Å²) in [5.41, 5.74) is 1.99. The molecule has 1 N–H and O–H groups in total. The fraction of sp³-hybridized carbons (Fsp3) is 0.125. The van der Waals surface area contributed by atoms with E-state index in [0.717, 1.165) is 11.3 Å². The van der Waals surface area contributed by atoms with E-state index in [1.165, 1.54) is 29.2 Å². The zero-order valence-corrected chi connectivity index (χ0v) is 12.5. The van der Waals surface area contributed by atoms with Crippen LogP contribution in [0.2, 0.25) is 0 Å². The summed E-state index contributed by atoms with van der Waals surface area (Å²) in [7, 11) is 0. The van der Waals surface area contributed by atoms with Crippen molar-refractivity contribution >= 4 is 5.97 Å². The highest BCUT2D eigenvalue weighted by Crippen LogP contribution is 2.21. The molecule has 0 atom stereocenters. The van der Waals surface area contributed by atoms with Crippen molar-refractivity contribution in [2.75, 3.05) is 0 Å². The smallest absolute Gasteiger partial charge is 0.356 e. The molecule has 0 aliphatic heterocycles. The largest absolute Gasteiger partial charge is 0.476 e. The SMILES string of the molecule is Cc1nc(-c2cccc(F)c2)nc(-n2cnc(C(=O)O)c2)c1C. The number of aryl methyl sites for hydroxylation is 1. The van der Waals surface area contributed by atoms with Gasteiger partial charge in [0.25, 0.3) is 0 Å². The van der Waals surface area contributed by atoms with Crippen molar-refractivity contribution in [2.24, 2.45) is 0 Å². The molecule has 0 radical (unpaired) electrons. The molecule has 0 unspecified atom stereocenters. The molecule has 0 fully saturated rings. The van der Waals surface area contributed by atoms with Crippen molar-refractivity contribution in [1.82, 2.24) is 19.5 Å². The molecule has 3 aromatic rings. The maximum atomic E-state index is 13.4. The first-order chi connectivity index (χ1) is 11.0. The van der Waals surface area contributed by atoms with Gasteiger partial charge in [-0.3, -0.25) is 4.57 Å². The standard InChI is InChI=1S/C16H13FN4O2/c1-9-10(2)19-14(11-4-3-5-12(17)6-11)20-15(9)21-7-13(16(22)23)18-8-21/h3-8H,1-2H3,(H,22,23). The third kappa shape index (κ3) is 2.80. The first kappa shape index (κ1) is 14.8. The van der Waals surface area contributed by atoms with E-state index in [0.29, 0.717) is 17.2 Å². The lowest BCUT2D eigenvalue weighted by Crippen LogP contribution is -2.05. The van der Waals surface area contributed by atoms with Crippen LogP contribution in [-0.4, -0.2) is 30.6 Å². The third-order valence-electron chi connectivity index (χ3n) is 3.49. The fourth-order valence-corrected chi connectivity index (χ4v) is 2.17. The van der Waals surface area contributed by atoms with E-state index in [1.807, 2.05) is 13.8 Å². The molecule has 6 nitrogen and oxygen atoms in total. The molecule has 1 aromatic carbocycles. The number of nitrogens with zero attached hydrogens (tertiary/aromatic N) is 4. The lowest BCUT2D eigenvalue weighted by atomic mass is 10.2. The highest BCUT2D eigenvalue weighted by Gasteiger charge is 2.14. The number of imidazole rings is 1. The summed E-state index contributed by atoms with van der Waals surface area (Å²) in [6, 6.07) is 6.00. The lowest BCUT2D eigenvalue weighted by Gasteiger charge is -2.10. The Kier molecular flexibility index (Phi) is 3.61. The van der Waals surface area contributed by atoms with E-state index in [1.54, 1.807) is 12.1 Å². The molecule has 0 bridgehead atoms. The van der Waals surface area contributed by atoms with Crippen LogP contribution in [0.4, 0.5) is 4.39 Å². The van der Waals surface area contributed by atoms with Gasteiger partial charge in [0.15, 0.2) is 11.5 Å². The molecule has 7 heteroatoms. The molecular weight excluding hydrogens is 299 g/mol. The van der Waals surface area contributed by atoms with E-state index in [4.69, 9.17) is 5.11 Å². The third-order valence-corrected chi connectivity index (χ3v) is 3.49. The first-order valence-corrected chi connectivity index (χ1v) is 6.84. The second kappa shape index (κ2) is 5.60. The van der Waals surface area contributed by atoms with Crippen molar-refractivity contribution in [3.8, 4) is 17.2 Å². The van der Waals surface area contributed by atoms with Gasteiger partial charge in [-0.1, -0.05) is 12.1 Å². The Morgan fingerprint density at radius 2 is 2.04 bits per heavy atom. The molecule has 23 heavy (non-hydrogen) atoms. The molecule has 0 spiro atoms. The lowest BCUT2D eigenvalue weighted by molar-refractivity contribution is 0.0691. The number of hydrogen-bond acceptors (Lipinski definition) is 4. The summed E-state index contributed by atoms with van der Waals surface area (Å²) in [6.45, 7) is 3.65. The van der Waals surface area contributed by atoms with Gasteiger partial charge >= 0.3 is 5.97 Å². The van der Waals surface area contributed by atoms with Gasteiger partial charge in [-0.15, -0.1) is 0 Å². The number of carboxylic acids is 1. The van der Waals surface area contributed by atoms with Crippen LogP contribution in [0.5, 0.6) is 0 Å². The van der Waals surface area contributed by atoms with Gasteiger partial charge in [-0.2, -0.15) is 0 Å². The van der Waals surface area contributed by atoms with Crippen molar-refractivity contribution in [3.05, 3.63) is 59.6 Å². The number of aromatic nitrogens is 4. The fourth-order valence-electron chi connectivity index (χ4n) is 2.17. The highest BCUT2D eigenvalue weighted by molar-refractivity contribution is 5.85. The monoisotopic (exact) mass is 312 g/mol. The number of carboxylic acid groups (broad SMARTS) is 1. The van der Waals surface area contributed by atoms with Gasteiger partial charge in [0.05, 0.1) is 0 Å². The van der Waals surface area contributed by atoms with E-state index in [-0.39, 0.29) is 11.5 Å². The van der Waals surface area contributed by atoms with Gasteiger partial charge in [0.2, 0.25) is 0 Å². The van der Waals surface area contributed by atoms with Crippen LogP contribution < -0.4 is 0 Å². The Balaban J connectivity index is 2.15. The molecule has 2 heterocycles. The van der Waals surface area contributed by atoms with E-state index < -0.39 is 5.97 Å². The van der Waals surface area contributed by atoms with Gasteiger partial charge in [-0.05, 0) is 26.0 Å². The normalized spacial score (nSPS) is 10.7. The molecular formula is C16H13FN4O2. The number of aromatic carboxylic acids is 1. The summed E-state index contributed by atoms with van der Waals surface area (Å²) >= 11 is 0. The molecule has 0 saturated carbocycles. The Bertz CT molecular complexity index is 905. The number of halogens is 1. The maximum Gasteiger partial charge on any atom is 0.356 e. The minimum Gasteiger partial charge on any atom is -0.476 e. The first-order valence-electron chi connectivity index (χ1n) is 6.84. The topological polar surface area (TPSA) is 80.9 Å². The van der Waals surface area contributed by atoms with Gasteiger partial charge < -0.3 is 5.11 Å². The zero-order valence-electron chi connectivity index (χ0n) is 12.5. The van der Waals surface area contributed by atoms with Crippen molar-refractivity contribution in [2.45, 2.75) is 13.8 Å². The van der Waals surface area contributed by atoms with E-state index in [2.05, 4.69) is 15.0 Å². The number of benzene rings is 1. The van der Waals surface area contributed by atoms with Crippen LogP contribution in [0, 0.1) is 19.7 Å². The Morgan fingerprint density at radius 1 is 1.26 bits per heavy atom. The van der Waals surface area contributed by atoms with Gasteiger partial charge in [0, 0.05) is 23.0 Å². The van der Waals surface area contributed by atoms with Crippen LogP contribution >= 0.6 is 0 Å². The predicted molar refractivity (Wildman–Crippen MR) is 81.0 cm³/mol. The summed E-state index contributed by atoms with van der Waals surface area (Å²) in [5, 5.41) is 8.98. The van der Waals surface area contributed by atoms with E-state index in [9.17, 15) is 9.18 Å². The van der Waals surface area contributed by atoms with Crippen LogP contribution in [0.25, 0.3) is 17.2 Å². The van der Waals surface area contributed by atoms with Crippen molar-refractivity contribution in [3.63, 3.8) is 0 Å². The van der Waals surface area contributed by atoms with Gasteiger partial charge in [-0.25, -0.2) is 24.1 Å². The van der Waals surface area contributed by atoms with Crippen LogP contribution in [0.3, 0.4) is 0 Å². The van der Waals surface area contributed by atoms with E-state index >= 15 is 0 Å². The average Bonchev–Trinajstić information content (AvgIpc) is 3.00. The predicted octanol–water partition coefficient (Wildman–Crippen LogP) is 2.78. The molecule has 0 aliphatic carbocycles. The minimum absolute atomic E-state index is 0.0760. The summed E-state index contributed by atoms with van der Waals surface area (Å²) in [5.74, 6) is -0.607. The second-order valence-electron chi connectivity index (χ2n) is 5.06. The molecule has 2 aromatic heterocycles. The van der Waals surface area contributed by atoms with Crippen LogP contribution in [-0.2, 0) is 0 Å². The molecule has 0 aliphatic rings. The number of rotatable bonds is 3. The molecule has 3 rings (SSSR count). The second-order valence-corrected chi connectivity index (χ2v) is 5.06. The number of hydrogen-bond donors (Lipinski definition) is 1. The van der Waals surface area contributed by atoms with Gasteiger partial charge in [0.1, 0.15) is 18.0 Å². The Morgan fingerprint density at radius 3 is 2.70 bits per heavy atom. The molecule has 0 saturated heterocycles. The van der Waals surface area contributed by atoms with Crippen molar-refractivity contribution in [1.29, 1.82) is 0 Å². The minimum atomic E-state index is -1.11. The number of carbonyl (C=O) groups is 1. The molecule has 0 amide bonds. The average molecular weight is 312 g/mol. The molecule has 116 valence electrons. The Hall–Kier alpha value is -3.09. The summed E-state index contributed by atoms with van der Waals surface area (Å²) in [6.07, 6.45) is 2.76. The zero-order chi connectivity index (χ0) is 16.6. The van der Waals surface area contributed by atoms with Crippen LogP contribution in [0.15, 0.2) is 36.8 Å². The summed E-state index contributed by atoms with van der Waals surface area (Å²) < 4.78 is 14.9. The maximum absolute atomic E-state index is 13.4. The van der Waals surface area contributed by atoms with Crippen molar-refractivity contribution < 1.29 is 14.3 Å². The Labute approximate surface area is 131 Å². The summed E-state index contributed by atoms with van der Waals surface area (Å²) in [4.78, 5) is 23.6. The quantitative estimate of drug-likeness (QED) is 0.804. The van der Waals surface area contributed by atoms with Crippen LogP contribution in [0.1, 0.15) is 21.7 Å². The highest BCUT2D eigenvalue weighted by atomic mass is 19.1.